The molecule has 22 heavy (non-hydrogen) atoms. The summed E-state index contributed by atoms with van der Waals surface area (Å²) in [5.74, 6) is -1.29. The topological polar surface area (TPSA) is 67.9 Å². The van der Waals surface area contributed by atoms with Gasteiger partial charge in [0.15, 0.2) is 0 Å². The maximum Gasteiger partial charge on any atom is 0.313 e. The molecule has 0 atom stereocenters. The van der Waals surface area contributed by atoms with Gasteiger partial charge < -0.3 is 19.7 Å². The standard InChI is InChI=1S/C15H21BrN2O4/c1-11-4-5-13(12(16)10-11)17-14(19)15(20)18(6-8-21-2)7-9-22-3/h4-5,10H,6-9H2,1-3H3,(H,17,19). The molecule has 0 fully saturated rings. The van der Waals surface area contributed by atoms with Crippen molar-refractivity contribution in [2.45, 2.75) is 6.92 Å². The number of benzene rings is 1. The molecule has 1 N–H and O–H groups in total. The first-order valence-corrected chi connectivity index (χ1v) is 7.63. The van der Waals surface area contributed by atoms with Gasteiger partial charge in [0, 0.05) is 31.8 Å². The second-order valence-corrected chi connectivity index (χ2v) is 5.57. The van der Waals surface area contributed by atoms with Crippen molar-refractivity contribution in [3.63, 3.8) is 0 Å². The molecule has 0 saturated heterocycles. The van der Waals surface area contributed by atoms with Gasteiger partial charge in [0.2, 0.25) is 0 Å². The lowest BCUT2D eigenvalue weighted by Gasteiger charge is -2.21. The highest BCUT2D eigenvalue weighted by molar-refractivity contribution is 9.10. The van der Waals surface area contributed by atoms with Crippen molar-refractivity contribution in [3.05, 3.63) is 28.2 Å². The van der Waals surface area contributed by atoms with Crippen molar-refractivity contribution < 1.29 is 19.1 Å². The Hall–Kier alpha value is -1.44. The summed E-state index contributed by atoms with van der Waals surface area (Å²) < 4.78 is 10.6. The number of methoxy groups -OCH3 is 2. The molecule has 0 bridgehead atoms. The number of carbonyl (C=O) groups excluding carboxylic acids is 2. The van der Waals surface area contributed by atoms with Gasteiger partial charge in [-0.15, -0.1) is 0 Å². The number of aryl methyl sites for hydroxylation is 1. The van der Waals surface area contributed by atoms with Crippen molar-refractivity contribution in [3.8, 4) is 0 Å². The molecular formula is C15H21BrN2O4. The molecule has 1 aromatic rings. The van der Waals surface area contributed by atoms with Crippen LogP contribution in [0.5, 0.6) is 0 Å². The smallest absolute Gasteiger partial charge is 0.313 e. The van der Waals surface area contributed by atoms with E-state index in [1.54, 1.807) is 20.3 Å². The Morgan fingerprint density at radius 2 is 1.77 bits per heavy atom. The molecule has 0 aliphatic carbocycles. The van der Waals surface area contributed by atoms with Gasteiger partial charge in [0.1, 0.15) is 0 Å². The van der Waals surface area contributed by atoms with Crippen LogP contribution in [0, 0.1) is 6.92 Å². The molecule has 1 rings (SSSR count). The van der Waals surface area contributed by atoms with Crippen LogP contribution < -0.4 is 5.32 Å². The minimum atomic E-state index is -0.684. The lowest BCUT2D eigenvalue weighted by molar-refractivity contribution is -0.144. The van der Waals surface area contributed by atoms with Crippen molar-refractivity contribution in [2.75, 3.05) is 45.8 Å². The van der Waals surface area contributed by atoms with Crippen molar-refractivity contribution >= 4 is 33.4 Å². The summed E-state index contributed by atoms with van der Waals surface area (Å²) in [6.45, 7) is 3.33. The molecule has 0 unspecified atom stereocenters. The van der Waals surface area contributed by atoms with Gasteiger partial charge in [-0.25, -0.2) is 0 Å². The van der Waals surface area contributed by atoms with Gasteiger partial charge in [0.05, 0.1) is 18.9 Å². The molecule has 0 aliphatic rings. The van der Waals surface area contributed by atoms with E-state index in [-0.39, 0.29) is 0 Å². The highest BCUT2D eigenvalue weighted by Gasteiger charge is 2.22. The van der Waals surface area contributed by atoms with Crippen LogP contribution in [0.4, 0.5) is 5.69 Å². The van der Waals surface area contributed by atoms with Gasteiger partial charge in [-0.05, 0) is 40.5 Å². The van der Waals surface area contributed by atoms with Gasteiger partial charge >= 0.3 is 11.8 Å². The van der Waals surface area contributed by atoms with E-state index in [9.17, 15) is 9.59 Å². The molecule has 0 saturated carbocycles. The number of hydrogen-bond acceptors (Lipinski definition) is 4. The first-order valence-electron chi connectivity index (χ1n) is 6.84. The number of nitrogens with zero attached hydrogens (tertiary/aromatic N) is 1. The Morgan fingerprint density at radius 3 is 2.27 bits per heavy atom. The minimum absolute atomic E-state index is 0.335. The Morgan fingerprint density at radius 1 is 1.18 bits per heavy atom. The zero-order chi connectivity index (χ0) is 16.5. The average Bonchev–Trinajstić information content (AvgIpc) is 2.49. The molecule has 0 spiro atoms. The van der Waals surface area contributed by atoms with E-state index in [4.69, 9.17) is 9.47 Å². The Balaban J connectivity index is 2.73. The SMILES string of the molecule is COCCN(CCOC)C(=O)C(=O)Nc1ccc(C)cc1Br. The number of nitrogens with one attached hydrogen (secondary N) is 1. The largest absolute Gasteiger partial charge is 0.383 e. The molecular weight excluding hydrogens is 352 g/mol. The molecule has 122 valence electrons. The fourth-order valence-corrected chi connectivity index (χ4v) is 2.35. The summed E-state index contributed by atoms with van der Waals surface area (Å²) in [6.07, 6.45) is 0. The zero-order valence-electron chi connectivity index (χ0n) is 13.0. The second kappa shape index (κ2) is 9.55. The molecule has 0 aromatic heterocycles. The van der Waals surface area contributed by atoms with Crippen LogP contribution in [0.2, 0.25) is 0 Å². The average molecular weight is 373 g/mol. The van der Waals surface area contributed by atoms with Gasteiger partial charge in [-0.2, -0.15) is 0 Å². The first kappa shape index (κ1) is 18.6. The first-order chi connectivity index (χ1) is 10.5. The lowest BCUT2D eigenvalue weighted by Crippen LogP contribution is -2.43. The highest BCUT2D eigenvalue weighted by atomic mass is 79.9. The third-order valence-electron chi connectivity index (χ3n) is 2.98. The normalized spacial score (nSPS) is 10.4. The van der Waals surface area contributed by atoms with Gasteiger partial charge in [0.25, 0.3) is 0 Å². The Labute approximate surface area is 138 Å². The molecule has 2 amide bonds. The number of halogens is 1. The van der Waals surface area contributed by atoms with E-state index in [1.807, 2.05) is 19.1 Å². The number of ether oxygens (including phenoxy) is 2. The van der Waals surface area contributed by atoms with Crippen molar-refractivity contribution in [2.24, 2.45) is 0 Å². The molecule has 7 heteroatoms. The Bertz CT molecular complexity index is 514. The van der Waals surface area contributed by atoms with E-state index in [0.29, 0.717) is 32.0 Å². The van der Waals surface area contributed by atoms with Crippen LogP contribution in [0.3, 0.4) is 0 Å². The zero-order valence-corrected chi connectivity index (χ0v) is 14.6. The molecule has 0 heterocycles. The van der Waals surface area contributed by atoms with Crippen molar-refractivity contribution in [1.82, 2.24) is 4.90 Å². The third kappa shape index (κ3) is 5.75. The quantitative estimate of drug-likeness (QED) is 0.741. The van der Waals surface area contributed by atoms with E-state index in [2.05, 4.69) is 21.2 Å². The van der Waals surface area contributed by atoms with E-state index >= 15 is 0 Å². The number of amides is 2. The van der Waals surface area contributed by atoms with Crippen LogP contribution in [0.25, 0.3) is 0 Å². The Kier molecular flexibility index (Phi) is 8.08. The summed E-state index contributed by atoms with van der Waals surface area (Å²) in [7, 11) is 3.09. The van der Waals surface area contributed by atoms with Gasteiger partial charge in [-0.3, -0.25) is 9.59 Å². The predicted molar refractivity (Wildman–Crippen MR) is 87.8 cm³/mol. The predicted octanol–water partition coefficient (Wildman–Crippen LogP) is 1.82. The maximum atomic E-state index is 12.2. The van der Waals surface area contributed by atoms with Crippen LogP contribution in [-0.4, -0.2) is 57.2 Å². The second-order valence-electron chi connectivity index (χ2n) is 4.72. The van der Waals surface area contributed by atoms with E-state index < -0.39 is 11.8 Å². The summed E-state index contributed by atoms with van der Waals surface area (Å²) in [5.41, 5.74) is 1.61. The number of hydrogen-bond donors (Lipinski definition) is 1. The fraction of sp³-hybridized carbons (Fsp3) is 0.467. The van der Waals surface area contributed by atoms with Crippen molar-refractivity contribution in [1.29, 1.82) is 0 Å². The summed E-state index contributed by atoms with van der Waals surface area (Å²) >= 11 is 3.37. The van der Waals surface area contributed by atoms with E-state index in [0.717, 1.165) is 10.0 Å². The van der Waals surface area contributed by atoms with Crippen LogP contribution in [0.15, 0.2) is 22.7 Å². The molecule has 1 aromatic carbocycles. The van der Waals surface area contributed by atoms with Gasteiger partial charge in [-0.1, -0.05) is 6.07 Å². The van der Waals surface area contributed by atoms with E-state index in [1.165, 1.54) is 4.90 Å². The van der Waals surface area contributed by atoms with Crippen LogP contribution >= 0.6 is 15.9 Å². The van der Waals surface area contributed by atoms with Crippen LogP contribution in [0.1, 0.15) is 5.56 Å². The number of carbonyl (C=O) groups is 2. The molecule has 0 aliphatic heterocycles. The minimum Gasteiger partial charge on any atom is -0.383 e. The maximum absolute atomic E-state index is 12.2. The highest BCUT2D eigenvalue weighted by Crippen LogP contribution is 2.23. The number of anilines is 1. The summed E-state index contributed by atoms with van der Waals surface area (Å²) in [5, 5.41) is 2.61. The summed E-state index contributed by atoms with van der Waals surface area (Å²) in [4.78, 5) is 25.7. The fourth-order valence-electron chi connectivity index (χ4n) is 1.76. The molecule has 0 radical (unpaired) electrons. The number of rotatable bonds is 7. The molecule has 6 nitrogen and oxygen atoms in total. The third-order valence-corrected chi connectivity index (χ3v) is 3.64. The van der Waals surface area contributed by atoms with Crippen LogP contribution in [-0.2, 0) is 19.1 Å². The monoisotopic (exact) mass is 372 g/mol. The summed E-state index contributed by atoms with van der Waals surface area (Å²) in [6, 6.07) is 5.48. The lowest BCUT2D eigenvalue weighted by atomic mass is 10.2.